The molecule has 4 unspecified atom stereocenters. The molecule has 3 saturated heterocycles. The molecule has 3 heterocycles. The number of nitrogens with zero attached hydrogens (tertiary/aromatic N) is 1. The summed E-state index contributed by atoms with van der Waals surface area (Å²) in [6, 6.07) is -1.16. The van der Waals surface area contributed by atoms with E-state index in [0.717, 1.165) is 19.3 Å². The van der Waals surface area contributed by atoms with Crippen molar-refractivity contribution in [3.8, 4) is 0 Å². The second-order valence-corrected chi connectivity index (χ2v) is 11.6. The highest BCUT2D eigenvalue weighted by Crippen LogP contribution is 2.67. The summed E-state index contributed by atoms with van der Waals surface area (Å²) >= 11 is 5.37. The van der Waals surface area contributed by atoms with E-state index in [9.17, 15) is 19.5 Å². The second-order valence-electron chi connectivity index (χ2n) is 8.93. The number of amides is 3. The lowest BCUT2D eigenvalue weighted by atomic mass is 9.70. The topological polar surface area (TPSA) is 98.7 Å². The van der Waals surface area contributed by atoms with Gasteiger partial charge in [-0.25, -0.2) is 0 Å². The summed E-state index contributed by atoms with van der Waals surface area (Å²) in [6.45, 7) is 8.15. The summed E-state index contributed by atoms with van der Waals surface area (Å²) in [5.41, 5.74) is 0. The van der Waals surface area contributed by atoms with Crippen molar-refractivity contribution < 1.29 is 19.5 Å². The molecule has 30 heavy (non-hydrogen) atoms. The van der Waals surface area contributed by atoms with E-state index in [-0.39, 0.29) is 40.4 Å². The molecule has 3 rings (SSSR count). The molecule has 3 N–H and O–H groups in total. The first-order valence-corrected chi connectivity index (χ1v) is 12.9. The number of carbonyl (C=O) groups excluding carboxylic acids is 3. The molecule has 9 heteroatoms. The fourth-order valence-corrected chi connectivity index (χ4v) is 9.02. The number of alkyl halides is 1. The van der Waals surface area contributed by atoms with Crippen molar-refractivity contribution in [1.82, 2.24) is 15.5 Å². The third-order valence-electron chi connectivity index (χ3n) is 6.68. The predicted octanol–water partition coefficient (Wildman–Crippen LogP) is 1.66. The third-order valence-corrected chi connectivity index (χ3v) is 9.90. The lowest BCUT2D eigenvalue weighted by molar-refractivity contribution is -0.142. The van der Waals surface area contributed by atoms with Crippen LogP contribution < -0.4 is 10.6 Å². The number of hydrogen-bond acceptors (Lipinski definition) is 5. The minimum Gasteiger partial charge on any atom is -0.394 e. The summed E-state index contributed by atoms with van der Waals surface area (Å²) in [5.74, 6) is -1.45. The molecule has 3 aliphatic rings. The Morgan fingerprint density at radius 3 is 2.60 bits per heavy atom. The van der Waals surface area contributed by atoms with E-state index in [2.05, 4.69) is 33.5 Å². The summed E-state index contributed by atoms with van der Waals surface area (Å²) in [5, 5.41) is 15.9. The fourth-order valence-electron chi connectivity index (χ4n) is 5.42. The van der Waals surface area contributed by atoms with Crippen molar-refractivity contribution in [3.05, 3.63) is 0 Å². The number of likely N-dealkylation sites (tertiary alicyclic amines) is 1. The number of nitrogens with one attached hydrogen (secondary N) is 2. The molecule has 0 radical (unpaired) electrons. The molecule has 0 aromatic rings. The number of aliphatic hydroxyl groups is 1. The average Bonchev–Trinajstić information content (AvgIpc) is 3.29. The van der Waals surface area contributed by atoms with Crippen molar-refractivity contribution in [1.29, 1.82) is 0 Å². The van der Waals surface area contributed by atoms with E-state index >= 15 is 0 Å². The number of rotatable bonds is 9. The maximum atomic E-state index is 13.6. The van der Waals surface area contributed by atoms with Crippen LogP contribution in [0.3, 0.4) is 0 Å². The molecule has 0 saturated carbocycles. The van der Waals surface area contributed by atoms with Crippen molar-refractivity contribution in [2.75, 3.05) is 13.2 Å². The number of aliphatic hydroxyl groups excluding tert-OH is 1. The van der Waals surface area contributed by atoms with Crippen LogP contribution >= 0.6 is 27.7 Å². The lowest BCUT2D eigenvalue weighted by Gasteiger charge is -2.37. The highest BCUT2D eigenvalue weighted by atomic mass is 79.9. The minimum absolute atomic E-state index is 0.00588. The van der Waals surface area contributed by atoms with Gasteiger partial charge in [-0.3, -0.25) is 14.4 Å². The Morgan fingerprint density at radius 2 is 2.00 bits per heavy atom. The van der Waals surface area contributed by atoms with E-state index in [4.69, 9.17) is 0 Å². The Kier molecular flexibility index (Phi) is 7.45. The van der Waals surface area contributed by atoms with Crippen LogP contribution in [0.5, 0.6) is 0 Å². The highest BCUT2D eigenvalue weighted by molar-refractivity contribution is 9.09. The van der Waals surface area contributed by atoms with Gasteiger partial charge in [-0.2, -0.15) is 0 Å². The SMILES string of the molecule is CCCNC(=O)[C@H]1[C@@H]2SC3(CC2Br)C(C(=O)NC(C)CCC)N([C@H](C)CO)C(=O)[C@H]13. The molecular weight excluding hydrogens is 470 g/mol. The summed E-state index contributed by atoms with van der Waals surface area (Å²) in [4.78, 5) is 41.8. The van der Waals surface area contributed by atoms with Gasteiger partial charge in [0.25, 0.3) is 0 Å². The lowest BCUT2D eigenvalue weighted by Crippen LogP contribution is -2.57. The third kappa shape index (κ3) is 3.79. The van der Waals surface area contributed by atoms with Gasteiger partial charge in [0.2, 0.25) is 17.7 Å². The molecule has 3 amide bonds. The fraction of sp³-hybridized carbons (Fsp3) is 0.857. The van der Waals surface area contributed by atoms with Crippen molar-refractivity contribution in [2.45, 2.75) is 86.3 Å². The van der Waals surface area contributed by atoms with Crippen molar-refractivity contribution in [2.24, 2.45) is 11.8 Å². The number of halogens is 1. The molecule has 170 valence electrons. The molecule has 0 aromatic carbocycles. The Bertz CT molecular complexity index is 695. The quantitative estimate of drug-likeness (QED) is 0.415. The number of carbonyl (C=O) groups is 3. The maximum absolute atomic E-state index is 13.6. The van der Waals surface area contributed by atoms with E-state index in [1.54, 1.807) is 23.6 Å². The van der Waals surface area contributed by atoms with E-state index in [1.807, 2.05) is 13.8 Å². The number of fused-ring (bicyclic) bond motifs is 1. The molecule has 0 aromatic heterocycles. The molecular formula is C21H34BrN3O4S. The van der Waals surface area contributed by atoms with Crippen LogP contribution in [0.2, 0.25) is 0 Å². The monoisotopic (exact) mass is 503 g/mol. The van der Waals surface area contributed by atoms with Crippen LogP contribution in [0, 0.1) is 11.8 Å². The van der Waals surface area contributed by atoms with Crippen molar-refractivity contribution in [3.63, 3.8) is 0 Å². The zero-order valence-electron chi connectivity index (χ0n) is 18.2. The standard InChI is InChI=1S/C21H34BrN3O4S/c1-5-7-11(3)24-19(28)17-21-9-13(22)16(30-21)14(18(27)23-8-6-2)15(21)20(29)25(17)12(4)10-26/h11-17,26H,5-10H2,1-4H3,(H,23,27)(H,24,28)/t11?,12-,13?,14-,15+,16-,17?,21?/m1/s1. The van der Waals surface area contributed by atoms with Crippen LogP contribution in [-0.2, 0) is 14.4 Å². The van der Waals surface area contributed by atoms with Gasteiger partial charge in [-0.15, -0.1) is 11.8 Å². The first-order chi connectivity index (χ1) is 14.2. The molecule has 3 fully saturated rings. The first kappa shape index (κ1) is 23.9. The van der Waals surface area contributed by atoms with Crippen LogP contribution in [-0.4, -0.2) is 73.8 Å². The summed E-state index contributed by atoms with van der Waals surface area (Å²) in [7, 11) is 0. The largest absolute Gasteiger partial charge is 0.394 e. The molecule has 8 atom stereocenters. The minimum atomic E-state index is -0.685. The van der Waals surface area contributed by atoms with Crippen LogP contribution in [0.15, 0.2) is 0 Å². The Hall–Kier alpha value is -0.800. The van der Waals surface area contributed by atoms with Gasteiger partial charge in [-0.05, 0) is 33.1 Å². The molecule has 2 bridgehead atoms. The van der Waals surface area contributed by atoms with Gasteiger partial charge in [0.1, 0.15) is 6.04 Å². The van der Waals surface area contributed by atoms with E-state index < -0.39 is 28.7 Å². The smallest absolute Gasteiger partial charge is 0.244 e. The normalized spacial score (nSPS) is 36.5. The van der Waals surface area contributed by atoms with Gasteiger partial charge in [0.05, 0.1) is 29.2 Å². The van der Waals surface area contributed by atoms with E-state index in [0.29, 0.717) is 13.0 Å². The van der Waals surface area contributed by atoms with Crippen LogP contribution in [0.25, 0.3) is 0 Å². The Labute approximate surface area is 191 Å². The van der Waals surface area contributed by atoms with E-state index in [1.165, 1.54) is 0 Å². The van der Waals surface area contributed by atoms with Crippen LogP contribution in [0.4, 0.5) is 0 Å². The van der Waals surface area contributed by atoms with Gasteiger partial charge < -0.3 is 20.6 Å². The predicted molar refractivity (Wildman–Crippen MR) is 121 cm³/mol. The zero-order valence-corrected chi connectivity index (χ0v) is 20.6. The zero-order chi connectivity index (χ0) is 22.2. The molecule has 7 nitrogen and oxygen atoms in total. The number of thioether (sulfide) groups is 1. The molecule has 3 aliphatic heterocycles. The summed E-state index contributed by atoms with van der Waals surface area (Å²) < 4.78 is -0.649. The molecule has 0 aliphatic carbocycles. The molecule has 1 spiro atoms. The van der Waals surface area contributed by atoms with Gasteiger partial charge >= 0.3 is 0 Å². The van der Waals surface area contributed by atoms with Gasteiger partial charge in [0.15, 0.2) is 0 Å². The average molecular weight is 504 g/mol. The summed E-state index contributed by atoms with van der Waals surface area (Å²) in [6.07, 6.45) is 3.30. The second kappa shape index (κ2) is 9.36. The van der Waals surface area contributed by atoms with Crippen molar-refractivity contribution >= 4 is 45.4 Å². The first-order valence-electron chi connectivity index (χ1n) is 11.1. The maximum Gasteiger partial charge on any atom is 0.244 e. The van der Waals surface area contributed by atoms with Gasteiger partial charge in [0, 0.05) is 22.7 Å². The van der Waals surface area contributed by atoms with Gasteiger partial charge in [-0.1, -0.05) is 36.2 Å². The Morgan fingerprint density at radius 1 is 1.30 bits per heavy atom. The Balaban J connectivity index is 1.98. The number of hydrogen-bond donors (Lipinski definition) is 3. The van der Waals surface area contributed by atoms with Crippen LogP contribution in [0.1, 0.15) is 53.4 Å². The highest BCUT2D eigenvalue weighted by Gasteiger charge is 2.75.